The molecule has 2 aromatic carbocycles. The molecule has 0 heterocycles. The topological polar surface area (TPSA) is 114 Å². The van der Waals surface area contributed by atoms with Gasteiger partial charge in [-0.15, -0.1) is 0 Å². The number of amides is 1. The average Bonchev–Trinajstić information content (AvgIpc) is 2.54. The number of aromatic hydroxyl groups is 1. The van der Waals surface area contributed by atoms with Crippen molar-refractivity contribution in [3.63, 3.8) is 0 Å². The molecule has 2 rings (SSSR count). The minimum atomic E-state index is -0.829. The number of nitrogens with one attached hydrogen (secondary N) is 1. The molecule has 0 spiro atoms. The van der Waals surface area contributed by atoms with E-state index in [1.165, 1.54) is 25.5 Å². The molecule has 2 N–H and O–H groups in total. The third-order valence-corrected chi connectivity index (χ3v) is 3.55. The smallest absolute Gasteiger partial charge is 0.275 e. The van der Waals surface area contributed by atoms with Gasteiger partial charge in [0.25, 0.3) is 11.6 Å². The second-order valence-electron chi connectivity index (χ2n) is 4.67. The molecule has 0 bridgehead atoms. The Kier molecular flexibility index (Phi) is 5.79. The van der Waals surface area contributed by atoms with Crippen molar-refractivity contribution >= 4 is 41.0 Å². The highest BCUT2D eigenvalue weighted by Crippen LogP contribution is 2.31. The van der Waals surface area contributed by atoms with E-state index in [2.05, 4.69) is 10.5 Å². The monoisotopic (exact) mass is 383 g/mol. The number of carbonyl (C=O) groups is 1. The van der Waals surface area contributed by atoms with Crippen LogP contribution in [0, 0.1) is 10.1 Å². The zero-order chi connectivity index (χ0) is 18.6. The van der Waals surface area contributed by atoms with E-state index in [4.69, 9.17) is 27.9 Å². The van der Waals surface area contributed by atoms with Crippen LogP contribution in [0.2, 0.25) is 10.0 Å². The van der Waals surface area contributed by atoms with Crippen LogP contribution >= 0.6 is 23.2 Å². The van der Waals surface area contributed by atoms with Gasteiger partial charge in [-0.05, 0) is 18.2 Å². The number of rotatable bonds is 5. The zero-order valence-corrected chi connectivity index (χ0v) is 14.2. The molecule has 0 unspecified atom stereocenters. The van der Waals surface area contributed by atoms with Crippen LogP contribution in [0.1, 0.15) is 15.9 Å². The minimum Gasteiger partial charge on any atom is -0.507 e. The first kappa shape index (κ1) is 18.5. The SMILES string of the molecule is COc1c(Cl)cc(Cl)cc1C=NNC(=O)c1cc([N+](=O)[O-])ccc1O. The van der Waals surface area contributed by atoms with Crippen LogP contribution in [0.15, 0.2) is 35.4 Å². The number of methoxy groups -OCH3 is 1. The molecule has 0 aliphatic carbocycles. The fraction of sp³-hybridized carbons (Fsp3) is 0.0667. The first-order valence-corrected chi connectivity index (χ1v) is 7.43. The largest absolute Gasteiger partial charge is 0.507 e. The lowest BCUT2D eigenvalue weighted by atomic mass is 10.1. The summed E-state index contributed by atoms with van der Waals surface area (Å²) in [6.45, 7) is 0. The number of hydrogen-bond donors (Lipinski definition) is 2. The standard InChI is InChI=1S/C15H11Cl2N3O5/c1-25-14-8(4-9(16)5-12(14)17)7-18-19-15(22)11-6-10(20(23)24)2-3-13(11)21/h2-7,21H,1H3,(H,19,22). The van der Waals surface area contributed by atoms with Crippen molar-refractivity contribution in [1.82, 2.24) is 5.43 Å². The summed E-state index contributed by atoms with van der Waals surface area (Å²) in [5, 5.41) is 24.7. The Balaban J connectivity index is 2.22. The quantitative estimate of drug-likeness (QED) is 0.466. The van der Waals surface area contributed by atoms with Crippen molar-refractivity contribution in [1.29, 1.82) is 0 Å². The van der Waals surface area contributed by atoms with Crippen LogP contribution in [0.3, 0.4) is 0 Å². The Morgan fingerprint density at radius 2 is 2.08 bits per heavy atom. The van der Waals surface area contributed by atoms with Crippen LogP contribution < -0.4 is 10.2 Å². The number of benzene rings is 2. The zero-order valence-electron chi connectivity index (χ0n) is 12.7. The molecule has 25 heavy (non-hydrogen) atoms. The number of nitro groups is 1. The molecule has 8 nitrogen and oxygen atoms in total. The predicted molar refractivity (Wildman–Crippen MR) is 92.8 cm³/mol. The Labute approximate surface area is 151 Å². The lowest BCUT2D eigenvalue weighted by Gasteiger charge is -2.07. The summed E-state index contributed by atoms with van der Waals surface area (Å²) in [6, 6.07) is 6.08. The number of non-ortho nitro benzene ring substituents is 1. The van der Waals surface area contributed by atoms with Crippen LogP contribution in [0.25, 0.3) is 0 Å². The van der Waals surface area contributed by atoms with Gasteiger partial charge in [-0.1, -0.05) is 23.2 Å². The summed E-state index contributed by atoms with van der Waals surface area (Å²) in [6.07, 6.45) is 1.24. The van der Waals surface area contributed by atoms with Gasteiger partial charge in [0.05, 0.1) is 28.8 Å². The molecular weight excluding hydrogens is 373 g/mol. The van der Waals surface area contributed by atoms with E-state index in [0.717, 1.165) is 18.2 Å². The third-order valence-electron chi connectivity index (χ3n) is 3.05. The second-order valence-corrected chi connectivity index (χ2v) is 5.51. The van der Waals surface area contributed by atoms with E-state index < -0.39 is 16.6 Å². The highest BCUT2D eigenvalue weighted by atomic mass is 35.5. The van der Waals surface area contributed by atoms with Gasteiger partial charge in [0.2, 0.25) is 0 Å². The van der Waals surface area contributed by atoms with Crippen LogP contribution in [-0.2, 0) is 0 Å². The molecule has 130 valence electrons. The molecule has 0 aromatic heterocycles. The van der Waals surface area contributed by atoms with Crippen LogP contribution in [0.4, 0.5) is 5.69 Å². The summed E-state index contributed by atoms with van der Waals surface area (Å²) in [7, 11) is 1.41. The second kappa shape index (κ2) is 7.82. The fourth-order valence-corrected chi connectivity index (χ4v) is 2.52. The first-order chi connectivity index (χ1) is 11.8. The van der Waals surface area contributed by atoms with Crippen LogP contribution in [0.5, 0.6) is 11.5 Å². The van der Waals surface area contributed by atoms with Crippen LogP contribution in [-0.4, -0.2) is 29.3 Å². The van der Waals surface area contributed by atoms with Crippen molar-refractivity contribution in [2.24, 2.45) is 5.10 Å². The number of halogens is 2. The highest BCUT2D eigenvalue weighted by molar-refractivity contribution is 6.36. The molecular formula is C15H11Cl2N3O5. The number of nitrogens with zero attached hydrogens (tertiary/aromatic N) is 2. The maximum Gasteiger partial charge on any atom is 0.275 e. The van der Waals surface area contributed by atoms with E-state index in [1.54, 1.807) is 0 Å². The number of ether oxygens (including phenoxy) is 1. The predicted octanol–water partition coefficient (Wildman–Crippen LogP) is 3.38. The number of phenols is 1. The maximum absolute atomic E-state index is 12.0. The maximum atomic E-state index is 12.0. The summed E-state index contributed by atoms with van der Waals surface area (Å²) in [5.74, 6) is -0.937. The first-order valence-electron chi connectivity index (χ1n) is 6.67. The number of hydrogen-bond acceptors (Lipinski definition) is 6. The number of carbonyl (C=O) groups excluding carboxylic acids is 1. The Hall–Kier alpha value is -2.84. The molecule has 0 fully saturated rings. The lowest BCUT2D eigenvalue weighted by Crippen LogP contribution is -2.18. The molecule has 2 aromatic rings. The number of nitro benzene ring substituents is 1. The Bertz CT molecular complexity index is 870. The molecule has 0 saturated carbocycles. The summed E-state index contributed by atoms with van der Waals surface area (Å²) in [5.41, 5.74) is 1.93. The molecule has 10 heteroatoms. The normalized spacial score (nSPS) is 10.7. The van der Waals surface area contributed by atoms with Crippen molar-refractivity contribution in [3.05, 3.63) is 61.6 Å². The average molecular weight is 384 g/mol. The third kappa shape index (κ3) is 4.37. The van der Waals surface area contributed by atoms with Gasteiger partial charge in [-0.2, -0.15) is 5.10 Å². The highest BCUT2D eigenvalue weighted by Gasteiger charge is 2.16. The summed E-state index contributed by atoms with van der Waals surface area (Å²) < 4.78 is 5.12. The summed E-state index contributed by atoms with van der Waals surface area (Å²) in [4.78, 5) is 22.1. The van der Waals surface area contributed by atoms with Gasteiger partial charge in [0.15, 0.2) is 0 Å². The van der Waals surface area contributed by atoms with Gasteiger partial charge in [0.1, 0.15) is 11.5 Å². The number of phenolic OH excluding ortho intramolecular Hbond substituents is 1. The van der Waals surface area contributed by atoms with Gasteiger partial charge in [-0.3, -0.25) is 14.9 Å². The van der Waals surface area contributed by atoms with Crippen molar-refractivity contribution in [2.45, 2.75) is 0 Å². The van der Waals surface area contributed by atoms with Gasteiger partial charge >= 0.3 is 0 Å². The van der Waals surface area contributed by atoms with Crippen molar-refractivity contribution in [3.8, 4) is 11.5 Å². The van der Waals surface area contributed by atoms with E-state index in [9.17, 15) is 20.0 Å². The van der Waals surface area contributed by atoms with Gasteiger partial charge in [-0.25, -0.2) is 5.43 Å². The molecule has 0 radical (unpaired) electrons. The Morgan fingerprint density at radius 1 is 1.36 bits per heavy atom. The van der Waals surface area contributed by atoms with E-state index in [1.807, 2.05) is 0 Å². The van der Waals surface area contributed by atoms with Crippen molar-refractivity contribution < 1.29 is 19.6 Å². The minimum absolute atomic E-state index is 0.263. The molecule has 0 saturated heterocycles. The van der Waals surface area contributed by atoms with Gasteiger partial charge < -0.3 is 9.84 Å². The molecule has 1 amide bonds. The lowest BCUT2D eigenvalue weighted by molar-refractivity contribution is -0.384. The Morgan fingerprint density at radius 3 is 2.72 bits per heavy atom. The van der Waals surface area contributed by atoms with E-state index in [-0.39, 0.29) is 16.3 Å². The van der Waals surface area contributed by atoms with E-state index >= 15 is 0 Å². The van der Waals surface area contributed by atoms with Gasteiger partial charge in [0, 0.05) is 22.7 Å². The fourth-order valence-electron chi connectivity index (χ4n) is 1.93. The molecule has 0 atom stereocenters. The molecule has 0 aliphatic rings. The van der Waals surface area contributed by atoms with Crippen molar-refractivity contribution in [2.75, 3.05) is 7.11 Å². The molecule has 0 aliphatic heterocycles. The van der Waals surface area contributed by atoms with E-state index in [0.29, 0.717) is 16.3 Å². The number of hydrazone groups is 1. The summed E-state index contributed by atoms with van der Waals surface area (Å²) >= 11 is 11.9.